The second kappa shape index (κ2) is 21.4. The van der Waals surface area contributed by atoms with Gasteiger partial charge < -0.3 is 10.2 Å². The Labute approximate surface area is 145 Å². The highest BCUT2D eigenvalue weighted by atomic mass is 16.3. The van der Waals surface area contributed by atoms with E-state index in [0.29, 0.717) is 6.61 Å². The molecule has 0 aliphatic carbocycles. The summed E-state index contributed by atoms with van der Waals surface area (Å²) >= 11 is 0. The summed E-state index contributed by atoms with van der Waals surface area (Å²) in [6, 6.07) is 0. The SMILES string of the molecule is C=CCCCCCCCCO.CC/C=C(\C)C(O)CCCCC. The van der Waals surface area contributed by atoms with Gasteiger partial charge in [0, 0.05) is 6.61 Å². The Hall–Kier alpha value is -0.600. The predicted octanol–water partition coefficient (Wildman–Crippen LogP) is 6.18. The summed E-state index contributed by atoms with van der Waals surface area (Å²) in [7, 11) is 0. The Morgan fingerprint density at radius 1 is 0.957 bits per heavy atom. The maximum atomic E-state index is 9.61. The topological polar surface area (TPSA) is 40.5 Å². The monoisotopic (exact) mass is 326 g/mol. The molecular weight excluding hydrogens is 284 g/mol. The fourth-order valence-corrected chi connectivity index (χ4v) is 2.38. The van der Waals surface area contributed by atoms with E-state index in [0.717, 1.165) is 37.7 Å². The number of rotatable bonds is 14. The molecule has 0 aromatic rings. The van der Waals surface area contributed by atoms with Gasteiger partial charge in [-0.15, -0.1) is 6.58 Å². The van der Waals surface area contributed by atoms with Crippen molar-refractivity contribution in [3.05, 3.63) is 24.3 Å². The van der Waals surface area contributed by atoms with Crippen molar-refractivity contribution in [2.24, 2.45) is 0 Å². The van der Waals surface area contributed by atoms with E-state index in [1.807, 2.05) is 13.0 Å². The molecule has 0 saturated carbocycles. The first-order chi connectivity index (χ1) is 11.1. The normalized spacial score (nSPS) is 12.5. The Morgan fingerprint density at radius 3 is 2.09 bits per heavy atom. The van der Waals surface area contributed by atoms with Gasteiger partial charge in [-0.2, -0.15) is 0 Å². The molecule has 2 nitrogen and oxygen atoms in total. The molecule has 0 aliphatic rings. The number of unbranched alkanes of at least 4 members (excludes halogenated alkanes) is 8. The van der Waals surface area contributed by atoms with Crippen molar-refractivity contribution in [3.63, 3.8) is 0 Å². The molecule has 138 valence electrons. The van der Waals surface area contributed by atoms with Crippen LogP contribution in [0.1, 0.15) is 97.8 Å². The molecule has 0 aliphatic heterocycles. The largest absolute Gasteiger partial charge is 0.396 e. The lowest BCUT2D eigenvalue weighted by Crippen LogP contribution is -2.07. The first kappa shape index (κ1) is 24.6. The minimum atomic E-state index is -0.198. The molecule has 0 rings (SSSR count). The van der Waals surface area contributed by atoms with Gasteiger partial charge in [0.15, 0.2) is 0 Å². The van der Waals surface area contributed by atoms with Crippen molar-refractivity contribution in [1.29, 1.82) is 0 Å². The summed E-state index contributed by atoms with van der Waals surface area (Å²) in [4.78, 5) is 0. The van der Waals surface area contributed by atoms with Crippen LogP contribution in [-0.4, -0.2) is 22.9 Å². The van der Waals surface area contributed by atoms with Crippen molar-refractivity contribution in [3.8, 4) is 0 Å². The molecule has 0 spiro atoms. The molecule has 0 radical (unpaired) electrons. The third kappa shape index (κ3) is 21.4. The lowest BCUT2D eigenvalue weighted by molar-refractivity contribution is 0.196. The van der Waals surface area contributed by atoms with Crippen LogP contribution in [-0.2, 0) is 0 Å². The summed E-state index contributed by atoms with van der Waals surface area (Å²) in [5, 5.41) is 18.1. The van der Waals surface area contributed by atoms with Gasteiger partial charge in [0.25, 0.3) is 0 Å². The Bertz CT molecular complexity index is 259. The molecule has 23 heavy (non-hydrogen) atoms. The van der Waals surface area contributed by atoms with E-state index in [1.165, 1.54) is 44.9 Å². The predicted molar refractivity (Wildman–Crippen MR) is 104 cm³/mol. The highest BCUT2D eigenvalue weighted by molar-refractivity contribution is 5.03. The molecular formula is C21H42O2. The lowest BCUT2D eigenvalue weighted by atomic mass is 10.0. The van der Waals surface area contributed by atoms with Crippen molar-refractivity contribution in [1.82, 2.24) is 0 Å². The van der Waals surface area contributed by atoms with Gasteiger partial charge >= 0.3 is 0 Å². The molecule has 2 N–H and O–H groups in total. The summed E-state index contributed by atoms with van der Waals surface area (Å²) in [5.74, 6) is 0. The van der Waals surface area contributed by atoms with Gasteiger partial charge in [-0.25, -0.2) is 0 Å². The number of allylic oxidation sites excluding steroid dienone is 2. The van der Waals surface area contributed by atoms with Crippen molar-refractivity contribution in [2.75, 3.05) is 6.61 Å². The standard InChI is InChI=1S/C11H22O.C10H20O/c1-4-6-7-9-11(12)10(3)8-5-2;1-2-3-4-5-6-7-8-9-10-11/h8,11-12H,4-7,9H2,1-3H3;2,11H,1,3-10H2/b10-8+;. The van der Waals surface area contributed by atoms with Crippen LogP contribution in [0, 0.1) is 0 Å². The number of hydrogen-bond donors (Lipinski definition) is 2. The summed E-state index contributed by atoms with van der Waals surface area (Å²) in [6.45, 7) is 10.3. The van der Waals surface area contributed by atoms with E-state index in [1.54, 1.807) is 0 Å². The Morgan fingerprint density at radius 2 is 1.57 bits per heavy atom. The van der Waals surface area contributed by atoms with E-state index >= 15 is 0 Å². The van der Waals surface area contributed by atoms with Crippen LogP contribution in [0.5, 0.6) is 0 Å². The van der Waals surface area contributed by atoms with Crippen molar-refractivity contribution < 1.29 is 10.2 Å². The second-order valence-corrected chi connectivity index (χ2v) is 6.29. The third-order valence-electron chi connectivity index (χ3n) is 3.95. The fourth-order valence-electron chi connectivity index (χ4n) is 2.38. The van der Waals surface area contributed by atoms with Gasteiger partial charge in [-0.05, 0) is 44.6 Å². The molecule has 1 unspecified atom stereocenters. The highest BCUT2D eigenvalue weighted by Gasteiger charge is 2.04. The molecule has 0 saturated heterocycles. The quantitative estimate of drug-likeness (QED) is 0.295. The zero-order valence-corrected chi connectivity index (χ0v) is 16.0. The van der Waals surface area contributed by atoms with Gasteiger partial charge in [-0.3, -0.25) is 0 Å². The first-order valence-corrected chi connectivity index (χ1v) is 9.70. The van der Waals surface area contributed by atoms with E-state index in [-0.39, 0.29) is 6.10 Å². The van der Waals surface area contributed by atoms with E-state index in [2.05, 4.69) is 26.5 Å². The zero-order chi connectivity index (χ0) is 17.8. The second-order valence-electron chi connectivity index (χ2n) is 6.29. The third-order valence-corrected chi connectivity index (χ3v) is 3.95. The molecule has 0 bridgehead atoms. The van der Waals surface area contributed by atoms with Gasteiger partial charge in [0.1, 0.15) is 0 Å². The zero-order valence-electron chi connectivity index (χ0n) is 16.0. The van der Waals surface area contributed by atoms with Crippen LogP contribution >= 0.6 is 0 Å². The van der Waals surface area contributed by atoms with E-state index < -0.39 is 0 Å². The van der Waals surface area contributed by atoms with Crippen LogP contribution < -0.4 is 0 Å². The summed E-state index contributed by atoms with van der Waals surface area (Å²) in [6.07, 6.45) is 17.9. The Balaban J connectivity index is 0. The average molecular weight is 327 g/mol. The van der Waals surface area contributed by atoms with Crippen molar-refractivity contribution in [2.45, 2.75) is 104 Å². The highest BCUT2D eigenvalue weighted by Crippen LogP contribution is 2.11. The summed E-state index contributed by atoms with van der Waals surface area (Å²) < 4.78 is 0. The summed E-state index contributed by atoms with van der Waals surface area (Å²) in [5.41, 5.74) is 1.13. The molecule has 1 atom stereocenters. The van der Waals surface area contributed by atoms with E-state index in [4.69, 9.17) is 5.11 Å². The van der Waals surface area contributed by atoms with Crippen LogP contribution in [0.25, 0.3) is 0 Å². The van der Waals surface area contributed by atoms with Crippen LogP contribution in [0.4, 0.5) is 0 Å². The van der Waals surface area contributed by atoms with E-state index in [9.17, 15) is 5.11 Å². The van der Waals surface area contributed by atoms with Gasteiger partial charge in [0.2, 0.25) is 0 Å². The Kier molecular flexibility index (Phi) is 22.9. The fraction of sp³-hybridized carbons (Fsp3) is 0.810. The van der Waals surface area contributed by atoms with Crippen LogP contribution in [0.3, 0.4) is 0 Å². The molecule has 2 heteroatoms. The molecule has 0 amide bonds. The van der Waals surface area contributed by atoms with Gasteiger partial charge in [-0.1, -0.05) is 70.9 Å². The minimum Gasteiger partial charge on any atom is -0.396 e. The van der Waals surface area contributed by atoms with Crippen LogP contribution in [0.15, 0.2) is 24.3 Å². The molecule has 0 heterocycles. The minimum absolute atomic E-state index is 0.198. The van der Waals surface area contributed by atoms with Crippen molar-refractivity contribution >= 4 is 0 Å². The lowest BCUT2D eigenvalue weighted by Gasteiger charge is -2.10. The van der Waals surface area contributed by atoms with Crippen LogP contribution in [0.2, 0.25) is 0 Å². The maximum absolute atomic E-state index is 9.61. The van der Waals surface area contributed by atoms with Gasteiger partial charge in [0.05, 0.1) is 6.10 Å². The molecule has 0 fully saturated rings. The molecule has 0 aromatic heterocycles. The average Bonchev–Trinajstić information content (AvgIpc) is 2.55. The number of aliphatic hydroxyl groups is 2. The smallest absolute Gasteiger partial charge is 0.0747 e. The first-order valence-electron chi connectivity index (χ1n) is 9.70. The number of hydrogen-bond acceptors (Lipinski definition) is 2. The maximum Gasteiger partial charge on any atom is 0.0747 e. The molecule has 0 aromatic carbocycles. The number of aliphatic hydroxyl groups excluding tert-OH is 2.